The third kappa shape index (κ3) is 4.29. The highest BCUT2D eigenvalue weighted by Crippen LogP contribution is 2.61. The van der Waals surface area contributed by atoms with E-state index in [-0.39, 0.29) is 11.3 Å². The van der Waals surface area contributed by atoms with E-state index in [1.165, 1.54) is 38.5 Å². The molecule has 2 N–H and O–H groups in total. The number of anilines is 1. The molecule has 0 radical (unpaired) electrons. The highest BCUT2D eigenvalue weighted by Gasteiger charge is 2.51. The van der Waals surface area contributed by atoms with Gasteiger partial charge in [-0.15, -0.1) is 11.3 Å². The number of hydrogen-bond acceptors (Lipinski definition) is 4. The minimum atomic E-state index is 0.0324. The molecule has 4 nitrogen and oxygen atoms in total. The largest absolute Gasteiger partial charge is 0.332 e. The summed E-state index contributed by atoms with van der Waals surface area (Å²) in [4.78, 5) is 17.7. The standard InChI is InChI=1S/C26H26ClN3OS2/c27-18-5-6-20(19(10-18)24-28-21-3-1-2-4-22(21)33-24)29-25(32)30-23(31)14-26-11-15-7-16(12-26)9-17(8-15)13-26/h1-6,10,15-17H,7-9,11-14H2,(H2,29,30,31,32). The molecule has 7 rings (SSSR count). The second-order valence-corrected chi connectivity index (χ2v) is 12.1. The first-order chi connectivity index (χ1) is 15.9. The fourth-order valence-corrected chi connectivity index (χ4v) is 8.35. The van der Waals surface area contributed by atoms with E-state index in [9.17, 15) is 4.79 Å². The molecule has 4 saturated carbocycles. The van der Waals surface area contributed by atoms with Crippen molar-refractivity contribution in [3.63, 3.8) is 0 Å². The second kappa shape index (κ2) is 8.33. The van der Waals surface area contributed by atoms with Crippen LogP contribution >= 0.6 is 35.2 Å². The first-order valence-corrected chi connectivity index (χ1v) is 13.3. The van der Waals surface area contributed by atoms with Gasteiger partial charge in [-0.1, -0.05) is 23.7 Å². The van der Waals surface area contributed by atoms with Crippen molar-refractivity contribution in [3.8, 4) is 10.6 Å². The van der Waals surface area contributed by atoms with Gasteiger partial charge in [0.25, 0.3) is 0 Å². The lowest BCUT2D eigenvalue weighted by Gasteiger charge is -2.56. The molecule has 7 heteroatoms. The maximum atomic E-state index is 13.0. The molecule has 4 aliphatic rings. The van der Waals surface area contributed by atoms with Crippen LogP contribution in [0.15, 0.2) is 42.5 Å². The van der Waals surface area contributed by atoms with Crippen LogP contribution in [0.3, 0.4) is 0 Å². The minimum Gasteiger partial charge on any atom is -0.332 e. The molecule has 33 heavy (non-hydrogen) atoms. The van der Waals surface area contributed by atoms with E-state index in [4.69, 9.17) is 28.8 Å². The fraction of sp³-hybridized carbons (Fsp3) is 0.423. The number of rotatable bonds is 4. The van der Waals surface area contributed by atoms with Gasteiger partial charge in [0.05, 0.1) is 15.9 Å². The molecule has 1 heterocycles. The quantitative estimate of drug-likeness (QED) is 0.381. The zero-order valence-electron chi connectivity index (χ0n) is 18.3. The van der Waals surface area contributed by atoms with E-state index >= 15 is 0 Å². The van der Waals surface area contributed by atoms with Gasteiger partial charge in [-0.3, -0.25) is 4.79 Å². The smallest absolute Gasteiger partial charge is 0.226 e. The first-order valence-electron chi connectivity index (χ1n) is 11.7. The number of nitrogens with zero attached hydrogens (tertiary/aromatic N) is 1. The minimum absolute atomic E-state index is 0.0324. The van der Waals surface area contributed by atoms with Crippen LogP contribution in [-0.2, 0) is 4.79 Å². The molecule has 170 valence electrons. The predicted octanol–water partition coefficient (Wildman–Crippen LogP) is 7.04. The Bertz CT molecular complexity index is 1190. The fourth-order valence-electron chi connectivity index (χ4n) is 6.96. The summed E-state index contributed by atoms with van der Waals surface area (Å²) in [5.41, 5.74) is 2.82. The summed E-state index contributed by atoms with van der Waals surface area (Å²) in [6.07, 6.45) is 8.37. The van der Waals surface area contributed by atoms with Crippen molar-refractivity contribution in [2.45, 2.75) is 44.9 Å². The van der Waals surface area contributed by atoms with E-state index in [0.29, 0.717) is 16.6 Å². The molecule has 0 spiro atoms. The van der Waals surface area contributed by atoms with Crippen molar-refractivity contribution in [1.29, 1.82) is 0 Å². The van der Waals surface area contributed by atoms with Crippen LogP contribution in [0.2, 0.25) is 5.02 Å². The van der Waals surface area contributed by atoms with Gasteiger partial charge in [0, 0.05) is 17.0 Å². The third-order valence-electron chi connectivity index (χ3n) is 7.71. The summed E-state index contributed by atoms with van der Waals surface area (Å²) in [6, 6.07) is 13.7. The van der Waals surface area contributed by atoms with Crippen molar-refractivity contribution >= 4 is 62.1 Å². The summed E-state index contributed by atoms with van der Waals surface area (Å²) < 4.78 is 1.12. The second-order valence-electron chi connectivity index (χ2n) is 10.3. The van der Waals surface area contributed by atoms with E-state index < -0.39 is 0 Å². The third-order valence-corrected chi connectivity index (χ3v) is 9.22. The molecule has 0 aliphatic heterocycles. The molecule has 1 amide bonds. The van der Waals surface area contributed by atoms with E-state index in [2.05, 4.69) is 16.7 Å². The number of fused-ring (bicyclic) bond motifs is 1. The van der Waals surface area contributed by atoms with E-state index in [1.54, 1.807) is 11.3 Å². The van der Waals surface area contributed by atoms with Crippen LogP contribution in [0.5, 0.6) is 0 Å². The number of para-hydroxylation sites is 1. The van der Waals surface area contributed by atoms with Gasteiger partial charge in [-0.25, -0.2) is 4.98 Å². The number of thiocarbonyl (C=S) groups is 1. The predicted molar refractivity (Wildman–Crippen MR) is 140 cm³/mol. The highest BCUT2D eigenvalue weighted by atomic mass is 35.5. The molecule has 0 saturated heterocycles. The number of carbonyl (C=O) groups is 1. The lowest BCUT2D eigenvalue weighted by Crippen LogP contribution is -2.48. The molecule has 4 bridgehead atoms. The molecular formula is C26H26ClN3OS2. The molecular weight excluding hydrogens is 470 g/mol. The number of carbonyl (C=O) groups excluding carboxylic acids is 1. The van der Waals surface area contributed by atoms with Crippen molar-refractivity contribution < 1.29 is 4.79 Å². The Morgan fingerprint density at radius 3 is 2.48 bits per heavy atom. The van der Waals surface area contributed by atoms with Crippen LogP contribution in [0.1, 0.15) is 44.9 Å². The van der Waals surface area contributed by atoms with Crippen molar-refractivity contribution in [2.24, 2.45) is 23.2 Å². The topological polar surface area (TPSA) is 54.0 Å². The number of halogens is 1. The molecule has 0 unspecified atom stereocenters. The van der Waals surface area contributed by atoms with Crippen molar-refractivity contribution in [3.05, 3.63) is 47.5 Å². The van der Waals surface area contributed by atoms with Crippen molar-refractivity contribution in [2.75, 3.05) is 5.32 Å². The Kier molecular flexibility index (Phi) is 5.43. The Morgan fingerprint density at radius 2 is 1.79 bits per heavy atom. The van der Waals surface area contributed by atoms with Gasteiger partial charge in [0.1, 0.15) is 5.01 Å². The molecule has 1 aromatic heterocycles. The lowest BCUT2D eigenvalue weighted by atomic mass is 9.49. The zero-order chi connectivity index (χ0) is 22.6. The van der Waals surface area contributed by atoms with E-state index in [1.807, 2.05) is 36.4 Å². The van der Waals surface area contributed by atoms with Crippen LogP contribution in [0.4, 0.5) is 5.69 Å². The van der Waals surface area contributed by atoms with Crippen LogP contribution < -0.4 is 10.6 Å². The van der Waals surface area contributed by atoms with Gasteiger partial charge < -0.3 is 10.6 Å². The van der Waals surface area contributed by atoms with Crippen LogP contribution in [0, 0.1) is 23.2 Å². The Morgan fingerprint density at radius 1 is 1.09 bits per heavy atom. The average Bonchev–Trinajstić information content (AvgIpc) is 3.17. The highest BCUT2D eigenvalue weighted by molar-refractivity contribution is 7.80. The summed E-state index contributed by atoms with van der Waals surface area (Å²) in [6.45, 7) is 0. The SMILES string of the molecule is O=C(CC12CC3CC(CC(C3)C1)C2)NC(=S)Nc1ccc(Cl)cc1-c1nc2ccccc2s1. The summed E-state index contributed by atoms with van der Waals surface area (Å²) >= 11 is 13.5. The molecule has 4 fully saturated rings. The number of benzene rings is 2. The normalized spacial score (nSPS) is 27.6. The van der Waals surface area contributed by atoms with Crippen molar-refractivity contribution in [1.82, 2.24) is 10.3 Å². The number of aromatic nitrogens is 1. The number of nitrogens with one attached hydrogen (secondary N) is 2. The maximum Gasteiger partial charge on any atom is 0.226 e. The summed E-state index contributed by atoms with van der Waals surface area (Å²) in [5.74, 6) is 2.53. The molecule has 0 atom stereocenters. The summed E-state index contributed by atoms with van der Waals surface area (Å²) in [5, 5.41) is 8.01. The van der Waals surface area contributed by atoms with Gasteiger partial charge in [0.2, 0.25) is 5.91 Å². The first kappa shape index (κ1) is 21.5. The number of amides is 1. The monoisotopic (exact) mass is 495 g/mol. The Hall–Kier alpha value is -2.02. The van der Waals surface area contributed by atoms with Gasteiger partial charge >= 0.3 is 0 Å². The molecule has 3 aromatic rings. The lowest BCUT2D eigenvalue weighted by molar-refractivity contribution is -0.127. The molecule has 4 aliphatic carbocycles. The van der Waals surface area contributed by atoms with Gasteiger partial charge in [-0.2, -0.15) is 0 Å². The number of hydrogen-bond donors (Lipinski definition) is 2. The zero-order valence-corrected chi connectivity index (χ0v) is 20.7. The van der Waals surface area contributed by atoms with Gasteiger partial charge in [-0.05, 0) is 104 Å². The van der Waals surface area contributed by atoms with E-state index in [0.717, 1.165) is 44.2 Å². The maximum absolute atomic E-state index is 13.0. The molecule has 2 aromatic carbocycles. The van der Waals surface area contributed by atoms with Crippen LogP contribution in [-0.4, -0.2) is 16.0 Å². The summed E-state index contributed by atoms with van der Waals surface area (Å²) in [7, 11) is 0. The Balaban J connectivity index is 1.16. The Labute approximate surface area is 208 Å². The van der Waals surface area contributed by atoms with Crippen LogP contribution in [0.25, 0.3) is 20.8 Å². The average molecular weight is 496 g/mol. The number of thiazole rings is 1. The van der Waals surface area contributed by atoms with Gasteiger partial charge in [0.15, 0.2) is 5.11 Å².